The first-order valence-corrected chi connectivity index (χ1v) is 6.74. The molecule has 2 N–H and O–H groups in total. The van der Waals surface area contributed by atoms with Gasteiger partial charge in [0.2, 0.25) is 0 Å². The molecular weight excluding hydrogens is 264 g/mol. The van der Waals surface area contributed by atoms with Crippen molar-refractivity contribution in [2.24, 2.45) is 0 Å². The van der Waals surface area contributed by atoms with Crippen LogP contribution in [0.5, 0.6) is 0 Å². The maximum Gasteiger partial charge on any atom is 0.302 e. The number of hydrogen-bond acceptors (Lipinski definition) is 5. The van der Waals surface area contributed by atoms with Gasteiger partial charge in [-0.1, -0.05) is 6.08 Å². The van der Waals surface area contributed by atoms with Gasteiger partial charge < -0.3 is 24.1 Å². The van der Waals surface area contributed by atoms with Crippen LogP contribution in [0.25, 0.3) is 0 Å². The molecule has 3 atom stereocenters. The third-order valence-corrected chi connectivity index (χ3v) is 2.69. The van der Waals surface area contributed by atoms with Crippen LogP contribution in [-0.2, 0) is 23.7 Å². The van der Waals surface area contributed by atoms with Gasteiger partial charge in [0, 0.05) is 33.6 Å². The zero-order valence-electron chi connectivity index (χ0n) is 12.4. The minimum atomic E-state index is -0.977. The molecule has 0 saturated carbocycles. The molecule has 6 nitrogen and oxygen atoms in total. The highest BCUT2D eigenvalue weighted by Gasteiger charge is 2.33. The second-order valence-corrected chi connectivity index (χ2v) is 5.33. The van der Waals surface area contributed by atoms with Crippen molar-refractivity contribution in [1.82, 2.24) is 0 Å². The highest BCUT2D eigenvalue weighted by atomic mass is 16.7. The highest BCUT2D eigenvalue weighted by molar-refractivity contribution is 5.66. The maximum absolute atomic E-state index is 11.1. The van der Waals surface area contributed by atoms with E-state index < -0.39 is 12.1 Å². The van der Waals surface area contributed by atoms with Gasteiger partial charge in [0.1, 0.15) is 6.10 Å². The lowest BCUT2D eigenvalue weighted by atomic mass is 10.1. The molecule has 1 rings (SSSR count). The molecule has 0 unspecified atom stereocenters. The Balaban J connectivity index is 2.54. The molecular formula is C14H25O6+. The maximum atomic E-state index is 11.1. The zero-order chi connectivity index (χ0) is 15.2. The Morgan fingerprint density at radius 3 is 2.75 bits per heavy atom. The molecule has 0 spiro atoms. The molecule has 1 aliphatic heterocycles. The first kappa shape index (κ1) is 17.1. The fourth-order valence-corrected chi connectivity index (χ4v) is 1.95. The van der Waals surface area contributed by atoms with Crippen LogP contribution in [0.3, 0.4) is 0 Å². The number of rotatable bonds is 7. The summed E-state index contributed by atoms with van der Waals surface area (Å²) in [5, 5.41) is 7.67. The van der Waals surface area contributed by atoms with E-state index in [2.05, 4.69) is 6.58 Å². The summed E-state index contributed by atoms with van der Waals surface area (Å²) in [5.74, 6) is -1.30. The van der Waals surface area contributed by atoms with Crippen LogP contribution in [0.4, 0.5) is 0 Å². The number of esters is 1. The van der Waals surface area contributed by atoms with E-state index in [1.807, 2.05) is 0 Å². The average molecular weight is 289 g/mol. The summed E-state index contributed by atoms with van der Waals surface area (Å²) >= 11 is 0. The average Bonchev–Trinajstić information content (AvgIpc) is 2.32. The normalized spacial score (nSPS) is 27.1. The summed E-state index contributed by atoms with van der Waals surface area (Å²) in [7, 11) is 0. The van der Waals surface area contributed by atoms with E-state index in [9.17, 15) is 4.79 Å². The molecule has 0 aliphatic carbocycles. The second kappa shape index (κ2) is 7.73. The molecule has 0 bridgehead atoms. The van der Waals surface area contributed by atoms with Gasteiger partial charge in [0.05, 0.1) is 19.3 Å². The summed E-state index contributed by atoms with van der Waals surface area (Å²) in [6.07, 6.45) is 1.72. The van der Waals surface area contributed by atoms with Crippen molar-refractivity contribution >= 4 is 5.97 Å². The number of carbonyl (C=O) groups is 1. The molecule has 1 saturated heterocycles. The van der Waals surface area contributed by atoms with Crippen molar-refractivity contribution < 1.29 is 28.8 Å². The fraction of sp³-hybridized carbons (Fsp3) is 0.786. The summed E-state index contributed by atoms with van der Waals surface area (Å²) in [6.45, 7) is 8.92. The number of ether oxygens (including phenoxy) is 4. The summed E-state index contributed by atoms with van der Waals surface area (Å²) in [6, 6.07) is 0. The summed E-state index contributed by atoms with van der Waals surface area (Å²) in [4.78, 5) is 11.1. The van der Waals surface area contributed by atoms with Crippen LogP contribution in [0.1, 0.15) is 33.6 Å². The van der Waals surface area contributed by atoms with Crippen LogP contribution >= 0.6 is 0 Å². The molecule has 1 aliphatic rings. The van der Waals surface area contributed by atoms with Gasteiger partial charge in [-0.3, -0.25) is 4.79 Å². The van der Waals surface area contributed by atoms with Crippen LogP contribution < -0.4 is 0 Å². The summed E-state index contributed by atoms with van der Waals surface area (Å²) < 4.78 is 21.8. The predicted molar refractivity (Wildman–Crippen MR) is 73.2 cm³/mol. The molecule has 1 fully saturated rings. The Morgan fingerprint density at radius 2 is 2.20 bits per heavy atom. The molecule has 116 valence electrons. The van der Waals surface area contributed by atoms with Gasteiger partial charge in [-0.25, -0.2) is 0 Å². The van der Waals surface area contributed by atoms with Crippen molar-refractivity contribution in [2.75, 3.05) is 13.2 Å². The van der Waals surface area contributed by atoms with Gasteiger partial charge in [-0.15, -0.1) is 6.58 Å². The first-order chi connectivity index (χ1) is 9.30. The molecule has 0 aromatic carbocycles. The largest absolute Gasteiger partial charge is 0.462 e. The van der Waals surface area contributed by atoms with Gasteiger partial charge in [-0.05, 0) is 0 Å². The number of hydrogen-bond donors (Lipinski definition) is 0. The van der Waals surface area contributed by atoms with E-state index in [4.69, 9.17) is 24.1 Å². The Bertz CT molecular complexity index is 322. The van der Waals surface area contributed by atoms with Gasteiger partial charge in [-0.2, -0.15) is 0 Å². The fourth-order valence-electron chi connectivity index (χ4n) is 1.95. The van der Waals surface area contributed by atoms with Crippen molar-refractivity contribution in [2.45, 2.75) is 57.9 Å². The van der Waals surface area contributed by atoms with Crippen LogP contribution in [0.15, 0.2) is 12.7 Å². The van der Waals surface area contributed by atoms with Crippen molar-refractivity contribution in [3.63, 3.8) is 0 Å². The predicted octanol–water partition coefficient (Wildman–Crippen LogP) is 1.10. The number of carbonyl (C=O) groups excluding carboxylic acids is 1. The smallest absolute Gasteiger partial charge is 0.302 e. The Morgan fingerprint density at radius 1 is 1.50 bits per heavy atom. The topological polar surface area (TPSA) is 76.9 Å². The van der Waals surface area contributed by atoms with Crippen molar-refractivity contribution in [1.29, 1.82) is 0 Å². The van der Waals surface area contributed by atoms with E-state index >= 15 is 0 Å². The Labute approximate surface area is 119 Å². The lowest BCUT2D eigenvalue weighted by molar-refractivity contribution is -0.251. The van der Waals surface area contributed by atoms with E-state index in [1.165, 1.54) is 6.92 Å². The minimum Gasteiger partial charge on any atom is -0.462 e. The highest BCUT2D eigenvalue weighted by Crippen LogP contribution is 2.24. The van der Waals surface area contributed by atoms with Crippen molar-refractivity contribution in [3.05, 3.63) is 12.7 Å². The Kier molecular flexibility index (Phi) is 6.61. The van der Waals surface area contributed by atoms with E-state index in [0.717, 1.165) is 0 Å². The minimum absolute atomic E-state index is 0.251. The second-order valence-electron chi connectivity index (χ2n) is 5.33. The SMILES string of the molecule is C=CCO[C@H]1C[C@@H](OC(C)=O)C[C@@H](COC(C)(C)[OH2+])O1. The van der Waals surface area contributed by atoms with Crippen LogP contribution in [-0.4, -0.2) is 48.6 Å². The summed E-state index contributed by atoms with van der Waals surface area (Å²) in [5.41, 5.74) is 0. The molecule has 0 aromatic heterocycles. The first-order valence-electron chi connectivity index (χ1n) is 6.74. The molecule has 6 heteroatoms. The quantitative estimate of drug-likeness (QED) is 0.303. The zero-order valence-corrected chi connectivity index (χ0v) is 12.4. The molecule has 1 heterocycles. The van der Waals surface area contributed by atoms with Crippen LogP contribution in [0, 0.1) is 0 Å². The van der Waals surface area contributed by atoms with E-state index in [0.29, 0.717) is 19.4 Å². The monoisotopic (exact) mass is 289 g/mol. The third-order valence-electron chi connectivity index (χ3n) is 2.69. The molecule has 0 amide bonds. The van der Waals surface area contributed by atoms with E-state index in [-0.39, 0.29) is 24.8 Å². The van der Waals surface area contributed by atoms with Gasteiger partial charge in [0.25, 0.3) is 5.79 Å². The van der Waals surface area contributed by atoms with Crippen LogP contribution in [0.2, 0.25) is 0 Å². The van der Waals surface area contributed by atoms with Gasteiger partial charge >= 0.3 is 5.97 Å². The Hall–Kier alpha value is -0.950. The lowest BCUT2D eigenvalue weighted by Crippen LogP contribution is -2.42. The molecule has 0 aromatic rings. The van der Waals surface area contributed by atoms with E-state index in [1.54, 1.807) is 19.9 Å². The lowest BCUT2D eigenvalue weighted by Gasteiger charge is -2.34. The third kappa shape index (κ3) is 7.00. The standard InChI is InChI=1S/C14H24O6/c1-5-6-17-13-8-11(19-10(2)15)7-12(20-13)9-18-14(3,4)16/h5,11-13,16H,1,6-9H2,2-4H3/p+1/t11-,12-,13+/m0/s1. The molecule has 0 radical (unpaired) electrons. The molecule has 20 heavy (non-hydrogen) atoms. The van der Waals surface area contributed by atoms with Crippen molar-refractivity contribution in [3.8, 4) is 0 Å². The van der Waals surface area contributed by atoms with Gasteiger partial charge in [0.15, 0.2) is 6.29 Å².